The Balaban J connectivity index is 2.93. The van der Waals surface area contributed by atoms with Crippen LogP contribution in [0.25, 0.3) is 0 Å². The Bertz CT molecular complexity index is 393. The smallest absolute Gasteiger partial charge is 0.147 e. The highest BCUT2D eigenvalue weighted by Crippen LogP contribution is 2.19. The zero-order valence-corrected chi connectivity index (χ0v) is 8.84. The van der Waals surface area contributed by atoms with Gasteiger partial charge < -0.3 is 11.1 Å². The first-order valence-electron chi connectivity index (χ1n) is 4.66. The number of benzene rings is 1. The van der Waals surface area contributed by atoms with E-state index in [1.165, 1.54) is 6.07 Å². The van der Waals surface area contributed by atoms with Crippen LogP contribution in [0.5, 0.6) is 0 Å². The highest BCUT2D eigenvalue weighted by atomic mass is 19.1. The van der Waals surface area contributed by atoms with Gasteiger partial charge in [-0.05, 0) is 32.0 Å². The third kappa shape index (κ3) is 2.93. The van der Waals surface area contributed by atoms with Crippen molar-refractivity contribution in [2.24, 2.45) is 5.73 Å². The van der Waals surface area contributed by atoms with Crippen LogP contribution < -0.4 is 11.1 Å². The van der Waals surface area contributed by atoms with E-state index in [9.17, 15) is 4.39 Å². The Hall–Kier alpha value is -1.60. The molecule has 0 bridgehead atoms. The van der Waals surface area contributed by atoms with Gasteiger partial charge in [-0.15, -0.1) is 0 Å². The lowest BCUT2D eigenvalue weighted by atomic mass is 10.1. The van der Waals surface area contributed by atoms with Crippen molar-refractivity contribution in [1.29, 1.82) is 5.26 Å². The minimum atomic E-state index is -0.435. The maximum absolute atomic E-state index is 13.4. The summed E-state index contributed by atoms with van der Waals surface area (Å²) in [6.45, 7) is 4.15. The predicted molar refractivity (Wildman–Crippen MR) is 57.9 cm³/mol. The normalized spacial score (nSPS) is 10.9. The fourth-order valence-electron chi connectivity index (χ4n) is 1.10. The average Bonchev–Trinajstić information content (AvgIpc) is 2.21. The van der Waals surface area contributed by atoms with Crippen LogP contribution >= 0.6 is 0 Å². The first kappa shape index (κ1) is 11.5. The Morgan fingerprint density at radius 1 is 1.53 bits per heavy atom. The Morgan fingerprint density at radius 2 is 2.20 bits per heavy atom. The van der Waals surface area contributed by atoms with Crippen molar-refractivity contribution < 1.29 is 4.39 Å². The highest BCUT2D eigenvalue weighted by molar-refractivity contribution is 5.50. The molecule has 0 fully saturated rings. The third-order valence-corrected chi connectivity index (χ3v) is 2.08. The molecule has 4 heteroatoms. The molecule has 0 heterocycles. The number of nitriles is 1. The van der Waals surface area contributed by atoms with Crippen molar-refractivity contribution in [2.45, 2.75) is 19.4 Å². The SMILES string of the molecule is CC(C)(CN)Nc1ccc(C#N)cc1F. The number of rotatable bonds is 3. The van der Waals surface area contributed by atoms with E-state index in [1.807, 2.05) is 19.9 Å². The van der Waals surface area contributed by atoms with E-state index < -0.39 is 5.82 Å². The largest absolute Gasteiger partial charge is 0.377 e. The second-order valence-corrected chi connectivity index (χ2v) is 4.02. The van der Waals surface area contributed by atoms with Gasteiger partial charge in [0, 0.05) is 12.1 Å². The van der Waals surface area contributed by atoms with Gasteiger partial charge in [-0.3, -0.25) is 0 Å². The molecule has 0 aliphatic rings. The number of nitrogens with one attached hydrogen (secondary N) is 1. The van der Waals surface area contributed by atoms with E-state index in [-0.39, 0.29) is 5.54 Å². The molecule has 0 aromatic heterocycles. The molecule has 1 aromatic carbocycles. The van der Waals surface area contributed by atoms with E-state index in [4.69, 9.17) is 11.0 Å². The molecule has 0 aliphatic heterocycles. The monoisotopic (exact) mass is 207 g/mol. The first-order chi connectivity index (χ1) is 6.98. The van der Waals surface area contributed by atoms with Gasteiger partial charge in [0.15, 0.2) is 0 Å². The Morgan fingerprint density at radius 3 is 2.67 bits per heavy atom. The van der Waals surface area contributed by atoms with Crippen LogP contribution in [0, 0.1) is 17.1 Å². The van der Waals surface area contributed by atoms with Crippen LogP contribution in [0.3, 0.4) is 0 Å². The highest BCUT2D eigenvalue weighted by Gasteiger charge is 2.16. The molecule has 3 N–H and O–H groups in total. The molecule has 80 valence electrons. The lowest BCUT2D eigenvalue weighted by Crippen LogP contribution is -2.39. The van der Waals surface area contributed by atoms with Crippen LogP contribution in [0.4, 0.5) is 10.1 Å². The van der Waals surface area contributed by atoms with Crippen LogP contribution in [-0.4, -0.2) is 12.1 Å². The van der Waals surface area contributed by atoms with E-state index in [1.54, 1.807) is 12.1 Å². The maximum Gasteiger partial charge on any atom is 0.147 e. The topological polar surface area (TPSA) is 61.8 Å². The standard InChI is InChI=1S/C11H14FN3/c1-11(2,7-14)15-10-4-3-8(6-13)5-9(10)12/h3-5,15H,7,14H2,1-2H3. The second-order valence-electron chi connectivity index (χ2n) is 4.02. The van der Waals surface area contributed by atoms with Gasteiger partial charge in [0.2, 0.25) is 0 Å². The van der Waals surface area contributed by atoms with E-state index in [2.05, 4.69) is 5.32 Å². The molecule has 0 saturated carbocycles. The van der Waals surface area contributed by atoms with Crippen LogP contribution in [0.15, 0.2) is 18.2 Å². The lowest BCUT2D eigenvalue weighted by molar-refractivity contribution is 0.565. The second kappa shape index (κ2) is 4.28. The summed E-state index contributed by atoms with van der Waals surface area (Å²) < 4.78 is 13.4. The molecule has 0 radical (unpaired) electrons. The first-order valence-corrected chi connectivity index (χ1v) is 4.66. The van der Waals surface area contributed by atoms with Crippen molar-refractivity contribution >= 4 is 5.69 Å². The summed E-state index contributed by atoms with van der Waals surface area (Å²) in [6.07, 6.45) is 0. The van der Waals surface area contributed by atoms with Crippen molar-refractivity contribution in [3.63, 3.8) is 0 Å². The van der Waals surface area contributed by atoms with Gasteiger partial charge in [0.1, 0.15) is 5.82 Å². The quantitative estimate of drug-likeness (QED) is 0.795. The summed E-state index contributed by atoms with van der Waals surface area (Å²) in [5.41, 5.74) is 5.83. The molecule has 0 spiro atoms. The van der Waals surface area contributed by atoms with Gasteiger partial charge >= 0.3 is 0 Å². The van der Waals surface area contributed by atoms with Crippen LogP contribution in [0.2, 0.25) is 0 Å². The zero-order chi connectivity index (χ0) is 11.5. The van der Waals surface area contributed by atoms with Gasteiger partial charge in [-0.1, -0.05) is 0 Å². The summed E-state index contributed by atoms with van der Waals surface area (Å²) in [5.74, 6) is -0.435. The molecule has 0 unspecified atom stereocenters. The van der Waals surface area contributed by atoms with Crippen molar-refractivity contribution in [3.8, 4) is 6.07 Å². The van der Waals surface area contributed by atoms with E-state index in [0.29, 0.717) is 17.8 Å². The minimum absolute atomic E-state index is 0.309. The van der Waals surface area contributed by atoms with Crippen molar-refractivity contribution in [3.05, 3.63) is 29.6 Å². The van der Waals surface area contributed by atoms with Gasteiger partial charge in [-0.25, -0.2) is 4.39 Å². The molecule has 3 nitrogen and oxygen atoms in total. The third-order valence-electron chi connectivity index (χ3n) is 2.08. The van der Waals surface area contributed by atoms with Crippen molar-refractivity contribution in [1.82, 2.24) is 0 Å². The molecular weight excluding hydrogens is 193 g/mol. The summed E-state index contributed by atoms with van der Waals surface area (Å²) in [6, 6.07) is 6.20. The zero-order valence-electron chi connectivity index (χ0n) is 8.84. The summed E-state index contributed by atoms with van der Waals surface area (Å²) in [5, 5.41) is 11.6. The summed E-state index contributed by atoms with van der Waals surface area (Å²) in [4.78, 5) is 0. The fraction of sp³-hybridized carbons (Fsp3) is 0.364. The number of hydrogen-bond acceptors (Lipinski definition) is 3. The minimum Gasteiger partial charge on any atom is -0.377 e. The summed E-state index contributed by atoms with van der Waals surface area (Å²) >= 11 is 0. The number of nitrogens with two attached hydrogens (primary N) is 1. The maximum atomic E-state index is 13.4. The molecule has 1 aromatic rings. The molecule has 0 atom stereocenters. The molecule has 1 rings (SSSR count). The predicted octanol–water partition coefficient (Wildman–Crippen LogP) is 1.85. The van der Waals surface area contributed by atoms with E-state index in [0.717, 1.165) is 0 Å². The Labute approximate surface area is 88.7 Å². The molecule has 0 amide bonds. The van der Waals surface area contributed by atoms with E-state index >= 15 is 0 Å². The van der Waals surface area contributed by atoms with Gasteiger partial charge in [-0.2, -0.15) is 5.26 Å². The van der Waals surface area contributed by atoms with Crippen molar-refractivity contribution in [2.75, 3.05) is 11.9 Å². The fourth-order valence-corrected chi connectivity index (χ4v) is 1.10. The van der Waals surface area contributed by atoms with Gasteiger partial charge in [0.25, 0.3) is 0 Å². The molecule has 0 saturated heterocycles. The van der Waals surface area contributed by atoms with Crippen LogP contribution in [-0.2, 0) is 0 Å². The average molecular weight is 207 g/mol. The van der Waals surface area contributed by atoms with Gasteiger partial charge in [0.05, 0.1) is 17.3 Å². The number of hydrogen-bond donors (Lipinski definition) is 2. The Kier molecular flexibility index (Phi) is 3.28. The molecule has 15 heavy (non-hydrogen) atoms. The molecular formula is C11H14FN3. The lowest BCUT2D eigenvalue weighted by Gasteiger charge is -2.25. The van der Waals surface area contributed by atoms with Crippen LogP contribution in [0.1, 0.15) is 19.4 Å². The number of halogens is 1. The number of nitrogens with zero attached hydrogens (tertiary/aromatic N) is 1. The number of anilines is 1. The summed E-state index contributed by atoms with van der Waals surface area (Å²) in [7, 11) is 0. The molecule has 0 aliphatic carbocycles.